The lowest BCUT2D eigenvalue weighted by atomic mass is 10.1. The molecule has 0 aliphatic heterocycles. The summed E-state index contributed by atoms with van der Waals surface area (Å²) in [6, 6.07) is 9.40. The Morgan fingerprint density at radius 1 is 1.13 bits per heavy atom. The van der Waals surface area contributed by atoms with Gasteiger partial charge in [-0.1, -0.05) is 12.1 Å². The maximum atomic E-state index is 13.7. The second-order valence-electron chi connectivity index (χ2n) is 5.44. The number of halogens is 2. The summed E-state index contributed by atoms with van der Waals surface area (Å²) in [7, 11) is -1.95. The highest BCUT2D eigenvalue weighted by atomic mass is 32.2. The second kappa shape index (κ2) is 6.74. The van der Waals surface area contributed by atoms with Gasteiger partial charge < -0.3 is 0 Å². The fourth-order valence-electron chi connectivity index (χ4n) is 2.26. The minimum absolute atomic E-state index is 0.0345. The zero-order valence-corrected chi connectivity index (χ0v) is 13.6. The summed E-state index contributed by atoms with van der Waals surface area (Å²) in [5, 5.41) is 5.06. The van der Waals surface area contributed by atoms with E-state index in [2.05, 4.69) is 0 Å². The average Bonchev–Trinajstić information content (AvgIpc) is 2.49. The maximum absolute atomic E-state index is 13.7. The first kappa shape index (κ1) is 17.5. The number of hydrogen-bond acceptors (Lipinski definition) is 3. The molecule has 2 aromatic carbocycles. The minimum Gasteiger partial charge on any atom is -0.295 e. The topological polar surface area (TPSA) is 63.4 Å². The zero-order chi connectivity index (χ0) is 17.2. The lowest BCUT2D eigenvalue weighted by Crippen LogP contribution is -2.22. The Kier molecular flexibility index (Phi) is 5.13. The summed E-state index contributed by atoms with van der Waals surface area (Å²) in [6.07, 6.45) is 0. The highest BCUT2D eigenvalue weighted by Gasteiger charge is 2.15. The van der Waals surface area contributed by atoms with Gasteiger partial charge in [0.1, 0.15) is 11.6 Å². The van der Waals surface area contributed by atoms with Crippen molar-refractivity contribution in [1.82, 2.24) is 4.90 Å². The Labute approximate surface area is 134 Å². The van der Waals surface area contributed by atoms with E-state index in [-0.39, 0.29) is 23.0 Å². The predicted octanol–water partition coefficient (Wildman–Crippen LogP) is 2.81. The molecule has 1 atom stereocenters. The van der Waals surface area contributed by atoms with Crippen molar-refractivity contribution >= 4 is 10.0 Å². The largest absolute Gasteiger partial charge is 0.295 e. The van der Waals surface area contributed by atoms with Crippen molar-refractivity contribution < 1.29 is 17.2 Å². The normalized spacial score (nSPS) is 13.3. The zero-order valence-electron chi connectivity index (χ0n) is 12.8. The summed E-state index contributed by atoms with van der Waals surface area (Å²) < 4.78 is 49.4. The van der Waals surface area contributed by atoms with Crippen LogP contribution in [0.15, 0.2) is 47.4 Å². The van der Waals surface area contributed by atoms with Crippen molar-refractivity contribution in [3.05, 3.63) is 65.2 Å². The number of nitrogens with zero attached hydrogens (tertiary/aromatic N) is 1. The van der Waals surface area contributed by atoms with E-state index in [9.17, 15) is 17.2 Å². The van der Waals surface area contributed by atoms with Crippen LogP contribution in [0.25, 0.3) is 0 Å². The molecule has 0 amide bonds. The standard InChI is InChI=1S/C16H18F2N2O2S/c1-11(12-3-6-15(7-4-12)23(19,21)22)20(2)10-13-9-14(17)5-8-16(13)18/h3-9,11H,10H2,1-2H3,(H2,19,21,22)/t11-/m0/s1. The molecule has 0 saturated heterocycles. The molecule has 7 heteroatoms. The Morgan fingerprint density at radius 2 is 1.74 bits per heavy atom. The third kappa shape index (κ3) is 4.34. The van der Waals surface area contributed by atoms with Gasteiger partial charge in [-0.25, -0.2) is 22.3 Å². The molecule has 0 aliphatic carbocycles. The van der Waals surface area contributed by atoms with E-state index in [1.165, 1.54) is 18.2 Å². The van der Waals surface area contributed by atoms with E-state index in [4.69, 9.17) is 5.14 Å². The molecule has 2 N–H and O–H groups in total. The third-order valence-electron chi connectivity index (χ3n) is 3.78. The molecule has 2 rings (SSSR count). The first-order chi connectivity index (χ1) is 10.7. The molecular weight excluding hydrogens is 322 g/mol. The van der Waals surface area contributed by atoms with Crippen molar-refractivity contribution in [3.63, 3.8) is 0 Å². The van der Waals surface area contributed by atoms with Crippen LogP contribution in [0, 0.1) is 11.6 Å². The van der Waals surface area contributed by atoms with Crippen LogP contribution < -0.4 is 5.14 Å². The van der Waals surface area contributed by atoms with Crippen LogP contribution in [0.1, 0.15) is 24.1 Å². The van der Waals surface area contributed by atoms with Crippen molar-refractivity contribution in [2.45, 2.75) is 24.4 Å². The number of nitrogens with two attached hydrogens (primary N) is 1. The Hall–Kier alpha value is -1.83. The van der Waals surface area contributed by atoms with E-state index in [1.54, 1.807) is 19.2 Å². The van der Waals surface area contributed by atoms with Crippen LogP contribution >= 0.6 is 0 Å². The van der Waals surface area contributed by atoms with Gasteiger partial charge in [0.15, 0.2) is 0 Å². The van der Waals surface area contributed by atoms with Crippen molar-refractivity contribution in [2.75, 3.05) is 7.05 Å². The molecule has 0 fully saturated rings. The van der Waals surface area contributed by atoms with E-state index in [0.717, 1.165) is 17.7 Å². The van der Waals surface area contributed by atoms with E-state index >= 15 is 0 Å². The Balaban J connectivity index is 2.16. The molecule has 2 aromatic rings. The molecule has 0 radical (unpaired) electrons. The minimum atomic E-state index is -3.73. The fourth-order valence-corrected chi connectivity index (χ4v) is 2.78. The van der Waals surface area contributed by atoms with Crippen LogP contribution in [0.2, 0.25) is 0 Å². The first-order valence-corrected chi connectivity index (χ1v) is 8.50. The number of benzene rings is 2. The molecule has 0 saturated carbocycles. The van der Waals surface area contributed by atoms with E-state index in [1.807, 2.05) is 11.8 Å². The quantitative estimate of drug-likeness (QED) is 0.910. The van der Waals surface area contributed by atoms with Crippen LogP contribution in [0.3, 0.4) is 0 Å². The van der Waals surface area contributed by atoms with Gasteiger partial charge in [0, 0.05) is 18.2 Å². The molecule has 0 bridgehead atoms. The van der Waals surface area contributed by atoms with Gasteiger partial charge in [-0.3, -0.25) is 4.90 Å². The summed E-state index contributed by atoms with van der Waals surface area (Å²) in [6.45, 7) is 2.12. The molecular formula is C16H18F2N2O2S. The van der Waals surface area contributed by atoms with E-state index in [0.29, 0.717) is 0 Å². The van der Waals surface area contributed by atoms with Gasteiger partial charge >= 0.3 is 0 Å². The molecule has 23 heavy (non-hydrogen) atoms. The summed E-state index contributed by atoms with van der Waals surface area (Å²) in [5.74, 6) is -0.949. The van der Waals surface area contributed by atoms with E-state index < -0.39 is 21.7 Å². The third-order valence-corrected chi connectivity index (χ3v) is 4.71. The Morgan fingerprint density at radius 3 is 2.30 bits per heavy atom. The van der Waals surface area contributed by atoms with Crippen molar-refractivity contribution in [2.24, 2.45) is 5.14 Å². The van der Waals surface area contributed by atoms with Gasteiger partial charge in [-0.2, -0.15) is 0 Å². The molecule has 124 valence electrons. The molecule has 4 nitrogen and oxygen atoms in total. The monoisotopic (exact) mass is 340 g/mol. The number of sulfonamides is 1. The Bertz CT molecular complexity index is 792. The average molecular weight is 340 g/mol. The predicted molar refractivity (Wildman–Crippen MR) is 84.1 cm³/mol. The van der Waals surface area contributed by atoms with Gasteiger partial charge in [-0.15, -0.1) is 0 Å². The maximum Gasteiger partial charge on any atom is 0.238 e. The van der Waals surface area contributed by atoms with Crippen LogP contribution in [-0.4, -0.2) is 20.4 Å². The summed E-state index contributed by atoms with van der Waals surface area (Å²) in [5.41, 5.74) is 1.11. The fraction of sp³-hybridized carbons (Fsp3) is 0.250. The number of primary sulfonamides is 1. The number of rotatable bonds is 5. The molecule has 0 aliphatic rings. The first-order valence-electron chi connectivity index (χ1n) is 6.95. The molecule has 0 aromatic heterocycles. The van der Waals surface area contributed by atoms with Crippen LogP contribution in [-0.2, 0) is 16.6 Å². The molecule has 0 unspecified atom stereocenters. The summed E-state index contributed by atoms with van der Waals surface area (Å²) in [4.78, 5) is 1.87. The molecule has 0 heterocycles. The lowest BCUT2D eigenvalue weighted by molar-refractivity contribution is 0.249. The smallest absolute Gasteiger partial charge is 0.238 e. The van der Waals surface area contributed by atoms with Crippen LogP contribution in [0.5, 0.6) is 0 Å². The van der Waals surface area contributed by atoms with Gasteiger partial charge in [-0.05, 0) is 49.9 Å². The number of hydrogen-bond donors (Lipinski definition) is 1. The SMILES string of the molecule is C[C@@H](c1ccc(S(N)(=O)=O)cc1)N(C)Cc1cc(F)ccc1F. The highest BCUT2D eigenvalue weighted by Crippen LogP contribution is 2.23. The second-order valence-corrected chi connectivity index (χ2v) is 7.00. The van der Waals surface area contributed by atoms with Gasteiger partial charge in [0.05, 0.1) is 4.90 Å². The lowest BCUT2D eigenvalue weighted by Gasteiger charge is -2.25. The van der Waals surface area contributed by atoms with Gasteiger partial charge in [0.2, 0.25) is 10.0 Å². The van der Waals surface area contributed by atoms with Gasteiger partial charge in [0.25, 0.3) is 0 Å². The van der Waals surface area contributed by atoms with Crippen molar-refractivity contribution in [3.8, 4) is 0 Å². The van der Waals surface area contributed by atoms with Crippen LogP contribution in [0.4, 0.5) is 8.78 Å². The molecule has 0 spiro atoms. The van der Waals surface area contributed by atoms with Crippen molar-refractivity contribution in [1.29, 1.82) is 0 Å². The summed E-state index contributed by atoms with van der Waals surface area (Å²) >= 11 is 0. The highest BCUT2D eigenvalue weighted by molar-refractivity contribution is 7.89.